The summed E-state index contributed by atoms with van der Waals surface area (Å²) in [5, 5.41) is 37.2. The third-order valence-electron chi connectivity index (χ3n) is 8.52. The van der Waals surface area contributed by atoms with Crippen LogP contribution in [0.15, 0.2) is 121 Å². The molecule has 0 heterocycles. The number of nitrogens with zero attached hydrogens (tertiary/aromatic N) is 4. The Morgan fingerprint density at radius 2 is 0.712 bits per heavy atom. The van der Waals surface area contributed by atoms with E-state index in [1.165, 1.54) is 21.9 Å². The molecule has 0 fully saturated rings. The Morgan fingerprint density at radius 3 is 0.898 bits per heavy atom. The van der Waals surface area contributed by atoms with Crippen LogP contribution in [0.3, 0.4) is 0 Å². The van der Waals surface area contributed by atoms with Crippen LogP contribution in [0.1, 0.15) is 33.6 Å². The molecule has 0 atom stereocenters. The second-order valence-electron chi connectivity index (χ2n) is 14.5. The van der Waals surface area contributed by atoms with E-state index in [0.717, 1.165) is 59.8 Å². The molecule has 0 aromatic heterocycles. The number of benzene rings is 4. The minimum atomic E-state index is -1.22. The Kier molecular flexibility index (Phi) is 35.2. The molecule has 14 heteroatoms. The summed E-state index contributed by atoms with van der Waals surface area (Å²) < 4.78 is 0. The van der Waals surface area contributed by atoms with Crippen molar-refractivity contribution in [2.24, 2.45) is 0 Å². The second-order valence-corrected chi connectivity index (χ2v) is 14.5. The summed E-state index contributed by atoms with van der Waals surface area (Å²) in [5.41, 5.74) is 5.36. The van der Waals surface area contributed by atoms with Gasteiger partial charge in [0.2, 0.25) is 0 Å². The molecular formula is C45H65BN4Ni2O7. The van der Waals surface area contributed by atoms with Crippen LogP contribution < -0.4 is 37.2 Å². The zero-order valence-electron chi connectivity index (χ0n) is 36.2. The van der Waals surface area contributed by atoms with Crippen molar-refractivity contribution in [2.75, 3.05) is 81.6 Å². The Morgan fingerprint density at radius 1 is 0.508 bits per heavy atom. The molecule has 0 unspecified atom stereocenters. The second kappa shape index (κ2) is 35.0. The van der Waals surface area contributed by atoms with Gasteiger partial charge in [-0.05, 0) is 108 Å². The fourth-order valence-electron chi connectivity index (χ4n) is 6.37. The average Bonchev–Trinajstić information content (AvgIpc) is 3.13. The van der Waals surface area contributed by atoms with Gasteiger partial charge in [0, 0.05) is 18.9 Å². The minimum Gasteiger partial charge on any atom is -0.850 e. The van der Waals surface area contributed by atoms with Crippen molar-refractivity contribution in [3.63, 3.8) is 0 Å². The Hall–Kier alpha value is -3.86. The van der Waals surface area contributed by atoms with Gasteiger partial charge in [0.1, 0.15) is 6.15 Å². The number of carbonyl (C=O) groups excluding carboxylic acids is 2. The van der Waals surface area contributed by atoms with Gasteiger partial charge in [0.25, 0.3) is 5.97 Å². The van der Waals surface area contributed by atoms with E-state index < -0.39 is 30.2 Å². The van der Waals surface area contributed by atoms with Crippen LogP contribution in [0.25, 0.3) is 0 Å². The predicted molar refractivity (Wildman–Crippen MR) is 230 cm³/mol. The number of hydrogen-bond donors (Lipinski definition) is 1. The molecule has 11 nitrogen and oxygen atoms in total. The molecule has 0 aliphatic rings. The van der Waals surface area contributed by atoms with E-state index in [1.54, 1.807) is 0 Å². The van der Waals surface area contributed by atoms with Crippen LogP contribution in [0.2, 0.25) is 0 Å². The van der Waals surface area contributed by atoms with Gasteiger partial charge in [-0.25, -0.2) is 0 Å². The maximum absolute atomic E-state index is 12.0. The van der Waals surface area contributed by atoms with Gasteiger partial charge in [-0.15, -0.1) is 6.10 Å². The molecule has 4 rings (SSSR count). The first kappa shape index (κ1) is 59.5. The molecule has 0 saturated carbocycles. The van der Waals surface area contributed by atoms with Crippen LogP contribution in [-0.2, 0) is 47.4 Å². The predicted octanol–water partition coefficient (Wildman–Crippen LogP) is 0.145. The largest absolute Gasteiger partial charge is 2.00 e. The fourth-order valence-corrected chi connectivity index (χ4v) is 6.37. The van der Waals surface area contributed by atoms with E-state index in [4.69, 9.17) is 29.7 Å². The third kappa shape index (κ3) is 28.3. The first-order chi connectivity index (χ1) is 26.9. The number of likely N-dealkylation sites (N-methyl/N-ethyl adjacent to an activating group) is 2. The molecule has 59 heavy (non-hydrogen) atoms. The van der Waals surface area contributed by atoms with Gasteiger partial charge in [-0.2, -0.15) is 21.9 Å². The number of carbonyl (C=O) groups is 3. The molecule has 0 radical (unpaired) electrons. The van der Waals surface area contributed by atoms with Gasteiger partial charge >= 0.3 is 33.0 Å². The topological polar surface area (TPSA) is 154 Å². The molecule has 0 bridgehead atoms. The number of aliphatic carboxylic acids is 3. The van der Waals surface area contributed by atoms with Crippen LogP contribution in [-0.4, -0.2) is 136 Å². The van der Waals surface area contributed by atoms with Crippen LogP contribution in [0.5, 0.6) is 0 Å². The number of hydrogen-bond acceptors (Lipinski definition) is 10. The molecular weight excluding hydrogens is 837 g/mol. The van der Waals surface area contributed by atoms with Gasteiger partial charge in [0.15, 0.2) is 0 Å². The summed E-state index contributed by atoms with van der Waals surface area (Å²) in [6.45, 7) is 8.48. The molecule has 330 valence electrons. The molecule has 1 N–H and O–H groups in total. The van der Waals surface area contributed by atoms with Crippen molar-refractivity contribution >= 4 is 45.9 Å². The van der Waals surface area contributed by atoms with Crippen molar-refractivity contribution < 1.29 is 67.8 Å². The van der Waals surface area contributed by atoms with Crippen molar-refractivity contribution in [2.45, 2.75) is 39.7 Å². The minimum absolute atomic E-state index is 0. The smallest absolute Gasteiger partial charge is 0.850 e. The van der Waals surface area contributed by atoms with Gasteiger partial charge < -0.3 is 49.6 Å². The maximum Gasteiger partial charge on any atom is 2.00 e. The zero-order chi connectivity index (χ0) is 43.2. The average molecular weight is 902 g/mol. The molecule has 0 aliphatic heterocycles. The van der Waals surface area contributed by atoms with Gasteiger partial charge in [0.05, 0.1) is 0 Å². The number of carboxylic acid groups (broad SMARTS) is 3. The number of carboxylic acids is 3. The van der Waals surface area contributed by atoms with Gasteiger partial charge in [-0.1, -0.05) is 121 Å². The van der Waals surface area contributed by atoms with Crippen molar-refractivity contribution in [3.05, 3.63) is 121 Å². The normalized spacial score (nSPS) is 10.3. The first-order valence-electron chi connectivity index (χ1n) is 19.2. The zero-order valence-corrected chi connectivity index (χ0v) is 38.2. The van der Waals surface area contributed by atoms with Crippen molar-refractivity contribution in [3.8, 4) is 0 Å². The SMILES string of the molecule is CC(=O)O.CC(=O)[O-].CC(=O)[O-].CN(C)CCCN(C)CC([O-])CN(C)CCCN(C)C.[Ni+2].[Ni+2].c1ccc([B-](c2ccccc2)(c2ccccc2)c2ccccc2)cc1. The standard InChI is InChI=1S/C24H20B.C15H35N4O.3C2H4O2.2Ni/c1-5-13-21(14-6-1)25(22-15-7-2-8-16-22,23-17-9-3-10-18-23)24-19-11-4-12-20-24;1-16(2)9-7-11-18(5)13-15(20)14-19(6)12-8-10-17(3)4;3*1-2(3)4;;/h1-20H;15H,7-14H2,1-6H3;3*1H3,(H,3,4);;/q2*-1;;;;2*+2/p-2. The molecule has 4 aromatic carbocycles. The summed E-state index contributed by atoms with van der Waals surface area (Å²) in [5.74, 6) is -3.00. The molecule has 4 aromatic rings. The number of rotatable bonds is 16. The quantitative estimate of drug-likeness (QED) is 0.153. The maximum atomic E-state index is 12.0. The van der Waals surface area contributed by atoms with E-state index in [1.807, 2.05) is 14.1 Å². The van der Waals surface area contributed by atoms with Crippen LogP contribution in [0, 0.1) is 0 Å². The fraction of sp³-hybridized carbons (Fsp3) is 0.400. The molecule has 0 saturated heterocycles. The van der Waals surface area contributed by atoms with Crippen molar-refractivity contribution in [1.29, 1.82) is 0 Å². The Labute approximate surface area is 374 Å². The van der Waals surface area contributed by atoms with Crippen LogP contribution in [0.4, 0.5) is 0 Å². The molecule has 0 aliphatic carbocycles. The van der Waals surface area contributed by atoms with Gasteiger partial charge in [-0.3, -0.25) is 4.79 Å². The van der Waals surface area contributed by atoms with E-state index in [-0.39, 0.29) is 33.0 Å². The molecule has 0 amide bonds. The third-order valence-corrected chi connectivity index (χ3v) is 8.52. The first-order valence-corrected chi connectivity index (χ1v) is 19.2. The summed E-state index contributed by atoms with van der Waals surface area (Å²) in [6.07, 6.45) is 0.514. The van der Waals surface area contributed by atoms with E-state index >= 15 is 0 Å². The Bertz CT molecular complexity index is 1400. The summed E-state index contributed by atoms with van der Waals surface area (Å²) in [4.78, 5) is 35.5. The van der Waals surface area contributed by atoms with E-state index in [2.05, 4.69) is 169 Å². The van der Waals surface area contributed by atoms with Crippen LogP contribution >= 0.6 is 0 Å². The summed E-state index contributed by atoms with van der Waals surface area (Å²) in [6, 6.07) is 43.5. The summed E-state index contributed by atoms with van der Waals surface area (Å²) >= 11 is 0. The summed E-state index contributed by atoms with van der Waals surface area (Å²) in [7, 11) is 12.4. The Balaban J connectivity index is -0.000000826. The van der Waals surface area contributed by atoms with E-state index in [0.29, 0.717) is 13.1 Å². The van der Waals surface area contributed by atoms with Crippen molar-refractivity contribution in [1.82, 2.24) is 19.6 Å². The van der Waals surface area contributed by atoms with E-state index in [9.17, 15) is 5.11 Å². The monoisotopic (exact) mass is 900 g/mol. The molecule has 0 spiro atoms.